The summed E-state index contributed by atoms with van der Waals surface area (Å²) in [5, 5.41) is 2.35. The molecule has 0 aliphatic carbocycles. The van der Waals surface area contributed by atoms with E-state index in [-0.39, 0.29) is 29.1 Å². The molecule has 214 valence electrons. The minimum absolute atomic E-state index is 0. The monoisotopic (exact) mass is 754 g/mol. The summed E-state index contributed by atoms with van der Waals surface area (Å²) in [4.78, 5) is 10.5. The molecule has 6 aromatic carbocycles. The maximum Gasteiger partial charge on any atom is 3.00 e. The Morgan fingerprint density at radius 3 is 2.09 bits per heavy atom. The van der Waals surface area contributed by atoms with Crippen molar-refractivity contribution >= 4 is 45.0 Å². The molecule has 0 N–H and O–H groups in total. The van der Waals surface area contributed by atoms with Gasteiger partial charge in [-0.05, 0) is 16.3 Å². The largest absolute Gasteiger partial charge is 3.00 e. The fourth-order valence-corrected chi connectivity index (χ4v) is 6.18. The predicted octanol–water partition coefficient (Wildman–Crippen LogP) is 7.46. The van der Waals surface area contributed by atoms with Crippen molar-refractivity contribution in [3.05, 3.63) is 170 Å². The maximum atomic E-state index is 5.36. The molecular formula is C41H26AuBN2. The second kappa shape index (κ2) is 12.6. The van der Waals surface area contributed by atoms with E-state index in [1.54, 1.807) is 0 Å². The van der Waals surface area contributed by atoms with Crippen LogP contribution in [0.15, 0.2) is 158 Å². The molecule has 0 amide bonds. The molecule has 4 heteroatoms. The van der Waals surface area contributed by atoms with Crippen molar-refractivity contribution in [2.75, 3.05) is 0 Å². The van der Waals surface area contributed by atoms with E-state index in [1.807, 2.05) is 24.3 Å². The van der Waals surface area contributed by atoms with Crippen LogP contribution in [0.2, 0.25) is 0 Å². The number of benzene rings is 6. The number of aromatic nitrogens is 2. The molecule has 2 heterocycles. The first-order valence-corrected chi connectivity index (χ1v) is 14.9. The van der Waals surface area contributed by atoms with E-state index < -0.39 is 0 Å². The van der Waals surface area contributed by atoms with Gasteiger partial charge in [0, 0.05) is 11.3 Å². The Morgan fingerprint density at radius 2 is 1.27 bits per heavy atom. The normalized spacial score (nSPS) is 10.9. The zero-order valence-electron chi connectivity index (χ0n) is 24.3. The second-order valence-electron chi connectivity index (χ2n) is 11.0. The van der Waals surface area contributed by atoms with Gasteiger partial charge in [-0.1, -0.05) is 138 Å². The van der Waals surface area contributed by atoms with Gasteiger partial charge < -0.3 is 9.97 Å². The molecule has 0 saturated carbocycles. The summed E-state index contributed by atoms with van der Waals surface area (Å²) in [6, 6.07) is 61.8. The first-order chi connectivity index (χ1) is 21.8. The van der Waals surface area contributed by atoms with Gasteiger partial charge in [-0.15, -0.1) is 28.7 Å². The van der Waals surface area contributed by atoms with Crippen molar-refractivity contribution in [2.45, 2.75) is 0 Å². The summed E-state index contributed by atoms with van der Waals surface area (Å²) in [6.45, 7) is -0.0941. The van der Waals surface area contributed by atoms with Crippen molar-refractivity contribution in [3.63, 3.8) is 0 Å². The smallest absolute Gasteiger partial charge is 0.657 e. The molecule has 0 spiro atoms. The van der Waals surface area contributed by atoms with Gasteiger partial charge in [-0.2, -0.15) is 42.0 Å². The van der Waals surface area contributed by atoms with Gasteiger partial charge in [0.05, 0.1) is 0 Å². The molecule has 45 heavy (non-hydrogen) atoms. The van der Waals surface area contributed by atoms with Crippen LogP contribution in [0.1, 0.15) is 0 Å². The Kier molecular flexibility index (Phi) is 8.06. The molecule has 0 bridgehead atoms. The van der Waals surface area contributed by atoms with Crippen LogP contribution in [0.5, 0.6) is 0 Å². The molecule has 0 unspecified atom stereocenters. The maximum absolute atomic E-state index is 5.36. The van der Waals surface area contributed by atoms with Crippen molar-refractivity contribution in [1.82, 2.24) is 9.97 Å². The first kappa shape index (κ1) is 28.8. The Hall–Kier alpha value is -4.92. The third kappa shape index (κ3) is 5.58. The zero-order valence-corrected chi connectivity index (χ0v) is 26.5. The van der Waals surface area contributed by atoms with E-state index in [4.69, 9.17) is 9.97 Å². The van der Waals surface area contributed by atoms with Gasteiger partial charge in [-0.3, -0.25) is 0 Å². The van der Waals surface area contributed by atoms with Gasteiger partial charge >= 0.3 is 22.4 Å². The van der Waals surface area contributed by atoms with Crippen LogP contribution in [-0.4, -0.2) is 11.7 Å². The minimum Gasteiger partial charge on any atom is -0.657 e. The third-order valence-corrected chi connectivity index (χ3v) is 8.26. The van der Waals surface area contributed by atoms with Gasteiger partial charge in [0.25, 0.3) is 6.71 Å². The van der Waals surface area contributed by atoms with Gasteiger partial charge in [-0.25, -0.2) is 5.56 Å². The van der Waals surface area contributed by atoms with Crippen molar-refractivity contribution in [2.24, 2.45) is 0 Å². The summed E-state index contributed by atoms with van der Waals surface area (Å²) < 4.78 is 0. The molecule has 8 rings (SSSR count). The second-order valence-corrected chi connectivity index (χ2v) is 11.0. The molecule has 0 radical (unpaired) electrons. The number of hydrogen-bond acceptors (Lipinski definition) is 1. The predicted molar refractivity (Wildman–Crippen MR) is 184 cm³/mol. The summed E-state index contributed by atoms with van der Waals surface area (Å²) in [7, 11) is 0. The average Bonchev–Trinajstić information content (AvgIpc) is 3.49. The van der Waals surface area contributed by atoms with Crippen LogP contribution in [0, 0.1) is 12.1 Å². The molecule has 0 aliphatic rings. The quantitative estimate of drug-likeness (QED) is 0.130. The molecular weight excluding hydrogens is 728 g/mol. The molecule has 0 atom stereocenters. The molecule has 0 aliphatic heterocycles. The number of para-hydroxylation sites is 2. The van der Waals surface area contributed by atoms with Crippen LogP contribution in [-0.2, 0) is 22.4 Å². The third-order valence-electron chi connectivity index (χ3n) is 8.26. The van der Waals surface area contributed by atoms with Crippen LogP contribution in [0.25, 0.3) is 55.3 Å². The van der Waals surface area contributed by atoms with Crippen LogP contribution in [0.3, 0.4) is 0 Å². The SMILES string of the molecule is [Au+3].[c-]1ccccc1-c1[c-]c(-c2cccc(B(c3ccccc3)c3cccc4c3[n-]c3ccccc34)n2)cc(-c2ccccc2)c1. The Bertz CT molecular complexity index is 2170. The molecule has 8 aromatic rings. The van der Waals surface area contributed by atoms with E-state index in [9.17, 15) is 0 Å². The van der Waals surface area contributed by atoms with E-state index in [1.165, 1.54) is 16.2 Å². The molecule has 2 nitrogen and oxygen atoms in total. The standard InChI is InChI=1S/C41H26BN2.Au/c1-4-14-29(15-5-1)31-26-32(30-16-6-2-7-17-30)28-33(27-31)38-24-13-25-40(43-38)42(34-18-8-3-9-19-34)37-22-12-21-36-35-20-10-11-23-39(35)44-41(36)37;/h1-16,18-27H;/q-3;+3. The van der Waals surface area contributed by atoms with Crippen LogP contribution in [0.4, 0.5) is 0 Å². The number of pyridine rings is 1. The number of rotatable bonds is 6. The average molecular weight is 754 g/mol. The van der Waals surface area contributed by atoms with Crippen molar-refractivity contribution < 1.29 is 22.4 Å². The van der Waals surface area contributed by atoms with E-state index >= 15 is 0 Å². The summed E-state index contributed by atoms with van der Waals surface area (Å²) in [6.07, 6.45) is 0. The molecule has 2 aromatic heterocycles. The minimum atomic E-state index is -0.0941. The summed E-state index contributed by atoms with van der Waals surface area (Å²) >= 11 is 0. The first-order valence-electron chi connectivity index (χ1n) is 14.9. The number of nitrogens with zero attached hydrogens (tertiary/aromatic N) is 2. The van der Waals surface area contributed by atoms with Gasteiger partial charge in [0.2, 0.25) is 0 Å². The van der Waals surface area contributed by atoms with Gasteiger partial charge in [0.1, 0.15) is 0 Å². The summed E-state index contributed by atoms with van der Waals surface area (Å²) in [5.41, 5.74) is 11.4. The van der Waals surface area contributed by atoms with Crippen LogP contribution < -0.4 is 21.5 Å². The molecule has 0 saturated heterocycles. The van der Waals surface area contributed by atoms with Crippen molar-refractivity contribution in [1.29, 1.82) is 0 Å². The number of fused-ring (bicyclic) bond motifs is 3. The van der Waals surface area contributed by atoms with Crippen LogP contribution >= 0.6 is 0 Å². The van der Waals surface area contributed by atoms with Gasteiger partial charge in [0.15, 0.2) is 0 Å². The van der Waals surface area contributed by atoms with Crippen molar-refractivity contribution in [3.8, 4) is 33.5 Å². The number of hydrogen-bond donors (Lipinski definition) is 0. The van der Waals surface area contributed by atoms with E-state index in [0.717, 1.165) is 55.6 Å². The summed E-state index contributed by atoms with van der Waals surface area (Å²) in [5.74, 6) is 0. The Labute approximate surface area is 279 Å². The van der Waals surface area contributed by atoms with E-state index in [2.05, 4.69) is 146 Å². The zero-order chi connectivity index (χ0) is 29.3. The topological polar surface area (TPSA) is 27.0 Å². The Morgan fingerprint density at radius 1 is 0.556 bits per heavy atom. The van der Waals surface area contributed by atoms with E-state index in [0.29, 0.717) is 0 Å². The Balaban J connectivity index is 0.00000325. The fourth-order valence-electron chi connectivity index (χ4n) is 6.18. The fraction of sp³-hybridized carbons (Fsp3) is 0. The molecule has 0 fully saturated rings.